The molecular weight excluding hydrogens is 273 g/mol. The number of amides is 1. The number of rotatable bonds is 3. The summed E-state index contributed by atoms with van der Waals surface area (Å²) in [4.78, 5) is 21.8. The van der Waals surface area contributed by atoms with Crippen molar-refractivity contribution in [3.05, 3.63) is 35.1 Å². The van der Waals surface area contributed by atoms with Crippen LogP contribution >= 0.6 is 11.8 Å². The van der Waals surface area contributed by atoms with Crippen molar-refractivity contribution >= 4 is 35.0 Å². The van der Waals surface area contributed by atoms with Crippen molar-refractivity contribution in [3.63, 3.8) is 0 Å². The Morgan fingerprint density at radius 3 is 2.95 bits per heavy atom. The van der Waals surface area contributed by atoms with E-state index in [0.29, 0.717) is 5.17 Å². The molecule has 19 heavy (non-hydrogen) atoms. The maximum atomic E-state index is 13.3. The molecular formula is C11H8FN3O3S. The van der Waals surface area contributed by atoms with Crippen LogP contribution in [0, 0.1) is 5.82 Å². The van der Waals surface area contributed by atoms with Crippen molar-refractivity contribution in [2.75, 3.05) is 5.75 Å². The average Bonchev–Trinajstić information content (AvgIpc) is 2.74. The maximum Gasteiger partial charge on any atom is 0.339 e. The van der Waals surface area contributed by atoms with E-state index in [1.54, 1.807) is 0 Å². The molecule has 1 fully saturated rings. The average molecular weight is 281 g/mol. The summed E-state index contributed by atoms with van der Waals surface area (Å²) >= 11 is 1.18. The van der Waals surface area contributed by atoms with E-state index in [2.05, 4.69) is 15.5 Å². The normalized spacial score (nSPS) is 17.1. The van der Waals surface area contributed by atoms with Crippen molar-refractivity contribution in [2.45, 2.75) is 0 Å². The van der Waals surface area contributed by atoms with Gasteiger partial charge in [-0.1, -0.05) is 23.9 Å². The fourth-order valence-electron chi connectivity index (χ4n) is 1.40. The lowest BCUT2D eigenvalue weighted by Gasteiger charge is -2.00. The summed E-state index contributed by atoms with van der Waals surface area (Å²) in [6, 6.07) is 3.85. The van der Waals surface area contributed by atoms with E-state index in [9.17, 15) is 14.0 Å². The van der Waals surface area contributed by atoms with Crippen molar-refractivity contribution in [1.29, 1.82) is 0 Å². The Morgan fingerprint density at radius 1 is 1.53 bits per heavy atom. The number of hydrogen-bond acceptors (Lipinski definition) is 5. The molecule has 1 amide bonds. The first kappa shape index (κ1) is 13.2. The summed E-state index contributed by atoms with van der Waals surface area (Å²) in [7, 11) is 0. The first-order valence-electron chi connectivity index (χ1n) is 5.13. The molecule has 1 aliphatic rings. The van der Waals surface area contributed by atoms with Gasteiger partial charge in [-0.05, 0) is 6.07 Å². The molecule has 0 unspecified atom stereocenters. The number of benzene rings is 1. The van der Waals surface area contributed by atoms with Crippen molar-refractivity contribution < 1.29 is 19.1 Å². The highest BCUT2D eigenvalue weighted by Gasteiger charge is 2.16. The lowest BCUT2D eigenvalue weighted by molar-refractivity contribution is -0.116. The van der Waals surface area contributed by atoms with Gasteiger partial charge >= 0.3 is 5.97 Å². The summed E-state index contributed by atoms with van der Waals surface area (Å²) < 4.78 is 13.3. The molecule has 0 atom stereocenters. The molecule has 8 heteroatoms. The summed E-state index contributed by atoms with van der Waals surface area (Å²) in [6.45, 7) is 0. The zero-order valence-corrected chi connectivity index (χ0v) is 10.3. The molecule has 1 heterocycles. The van der Waals surface area contributed by atoms with E-state index < -0.39 is 17.3 Å². The number of amidine groups is 1. The molecule has 0 radical (unpaired) electrons. The van der Waals surface area contributed by atoms with Crippen LogP contribution in [0.5, 0.6) is 0 Å². The molecule has 0 spiro atoms. The van der Waals surface area contributed by atoms with Gasteiger partial charge in [0.05, 0.1) is 12.0 Å². The molecule has 1 aliphatic heterocycles. The number of carboxylic acids is 1. The number of aromatic carboxylic acids is 1. The second-order valence-corrected chi connectivity index (χ2v) is 4.46. The van der Waals surface area contributed by atoms with Gasteiger partial charge in [-0.15, -0.1) is 5.10 Å². The number of carbonyl (C=O) groups excluding carboxylic acids is 1. The Morgan fingerprint density at radius 2 is 2.32 bits per heavy atom. The van der Waals surface area contributed by atoms with E-state index in [1.807, 2.05) is 0 Å². The molecule has 6 nitrogen and oxygen atoms in total. The second-order valence-electron chi connectivity index (χ2n) is 3.50. The van der Waals surface area contributed by atoms with Gasteiger partial charge < -0.3 is 10.4 Å². The lowest BCUT2D eigenvalue weighted by atomic mass is 10.1. The first-order chi connectivity index (χ1) is 9.08. The van der Waals surface area contributed by atoms with Crippen LogP contribution < -0.4 is 5.32 Å². The van der Waals surface area contributed by atoms with Gasteiger partial charge in [0, 0.05) is 5.56 Å². The number of carboxylic acid groups (broad SMARTS) is 1. The maximum absolute atomic E-state index is 13.3. The van der Waals surface area contributed by atoms with E-state index in [-0.39, 0.29) is 17.2 Å². The topological polar surface area (TPSA) is 91.1 Å². The highest BCUT2D eigenvalue weighted by Crippen LogP contribution is 2.12. The smallest absolute Gasteiger partial charge is 0.339 e. The molecule has 0 bridgehead atoms. The van der Waals surface area contributed by atoms with Gasteiger partial charge in [-0.2, -0.15) is 5.10 Å². The Bertz CT molecular complexity index is 601. The van der Waals surface area contributed by atoms with Gasteiger partial charge in [0.15, 0.2) is 5.17 Å². The van der Waals surface area contributed by atoms with Crippen molar-refractivity contribution in [2.24, 2.45) is 10.2 Å². The zero-order chi connectivity index (χ0) is 13.8. The van der Waals surface area contributed by atoms with Crippen LogP contribution in [0.2, 0.25) is 0 Å². The van der Waals surface area contributed by atoms with Gasteiger partial charge in [0.25, 0.3) is 0 Å². The Hall–Kier alpha value is -2.22. The van der Waals surface area contributed by atoms with E-state index in [1.165, 1.54) is 23.9 Å². The molecule has 0 saturated carbocycles. The number of nitrogens with zero attached hydrogens (tertiary/aromatic N) is 2. The van der Waals surface area contributed by atoms with Crippen LogP contribution in [0.25, 0.3) is 0 Å². The second kappa shape index (κ2) is 5.61. The fourth-order valence-corrected chi connectivity index (χ4v) is 2.03. The molecule has 0 aromatic heterocycles. The molecule has 1 saturated heterocycles. The van der Waals surface area contributed by atoms with E-state index >= 15 is 0 Å². The zero-order valence-electron chi connectivity index (χ0n) is 9.46. The van der Waals surface area contributed by atoms with Crippen LogP contribution in [-0.4, -0.2) is 34.1 Å². The highest BCUT2D eigenvalue weighted by atomic mass is 32.2. The summed E-state index contributed by atoms with van der Waals surface area (Å²) in [5.41, 5.74) is -0.360. The number of hydrogen-bond donors (Lipinski definition) is 2. The molecule has 2 rings (SSSR count). The fraction of sp³-hybridized carbons (Fsp3) is 0.0909. The molecule has 2 N–H and O–H groups in total. The monoisotopic (exact) mass is 281 g/mol. The summed E-state index contributed by atoms with van der Waals surface area (Å²) in [6.07, 6.45) is 1.13. The van der Waals surface area contributed by atoms with Crippen LogP contribution in [-0.2, 0) is 4.79 Å². The van der Waals surface area contributed by atoms with Gasteiger partial charge in [-0.25, -0.2) is 9.18 Å². The van der Waals surface area contributed by atoms with Crippen LogP contribution in [0.4, 0.5) is 4.39 Å². The van der Waals surface area contributed by atoms with Crippen LogP contribution in [0.15, 0.2) is 28.4 Å². The standard InChI is InChI=1S/C11H8FN3O3S/c12-7-3-1-2-6(9(7)10(17)18)4-13-15-11-14-8(16)5-19-11/h1-4H,5H2,(H,17,18)(H,14,15,16). The molecule has 1 aromatic rings. The minimum absolute atomic E-state index is 0.103. The van der Waals surface area contributed by atoms with Crippen LogP contribution in [0.3, 0.4) is 0 Å². The lowest BCUT2D eigenvalue weighted by Crippen LogP contribution is -2.19. The van der Waals surface area contributed by atoms with E-state index in [0.717, 1.165) is 12.3 Å². The predicted octanol–water partition coefficient (Wildman–Crippen LogP) is 1.08. The number of halogens is 1. The quantitative estimate of drug-likeness (QED) is 0.640. The Balaban J connectivity index is 2.22. The van der Waals surface area contributed by atoms with Gasteiger partial charge in [0.2, 0.25) is 5.91 Å². The third-order valence-corrected chi connectivity index (χ3v) is 3.06. The SMILES string of the molecule is O=C1CSC(=NN=Cc2cccc(F)c2C(=O)O)N1. The predicted molar refractivity (Wildman–Crippen MR) is 69.0 cm³/mol. The number of nitrogens with one attached hydrogen (secondary N) is 1. The summed E-state index contributed by atoms with van der Waals surface area (Å²) in [5.74, 6) is -2.12. The molecule has 0 aliphatic carbocycles. The van der Waals surface area contributed by atoms with Crippen LogP contribution in [0.1, 0.15) is 15.9 Å². The number of carbonyl (C=O) groups is 2. The van der Waals surface area contributed by atoms with Crippen molar-refractivity contribution in [3.8, 4) is 0 Å². The summed E-state index contributed by atoms with van der Waals surface area (Å²) in [5, 5.41) is 19.0. The van der Waals surface area contributed by atoms with E-state index in [4.69, 9.17) is 5.11 Å². The Labute approximate surface area is 111 Å². The van der Waals surface area contributed by atoms with Gasteiger partial charge in [-0.3, -0.25) is 4.79 Å². The third-order valence-electron chi connectivity index (χ3n) is 2.19. The number of thioether (sulfide) groups is 1. The third kappa shape index (κ3) is 3.16. The first-order valence-corrected chi connectivity index (χ1v) is 6.12. The minimum Gasteiger partial charge on any atom is -0.478 e. The molecule has 1 aromatic carbocycles. The minimum atomic E-state index is -1.38. The highest BCUT2D eigenvalue weighted by molar-refractivity contribution is 8.15. The largest absolute Gasteiger partial charge is 0.478 e. The molecule has 98 valence electrons. The Kier molecular flexibility index (Phi) is 3.91. The van der Waals surface area contributed by atoms with Crippen molar-refractivity contribution in [1.82, 2.24) is 5.32 Å². The van der Waals surface area contributed by atoms with Gasteiger partial charge in [0.1, 0.15) is 11.4 Å².